The number of unbranched alkanes of at least 4 members (excludes halogenated alkanes) is 16. The van der Waals surface area contributed by atoms with Gasteiger partial charge in [-0.2, -0.15) is 0 Å². The molecule has 0 bridgehead atoms. The Morgan fingerprint density at radius 2 is 0.978 bits per heavy atom. The Morgan fingerprint density at radius 1 is 0.556 bits per heavy atom. The third-order valence-corrected chi connectivity index (χ3v) is 8.29. The minimum atomic E-state index is -0.664. The van der Waals surface area contributed by atoms with Crippen LogP contribution in [0.3, 0.4) is 0 Å². The number of hydrogen-bond acceptors (Lipinski definition) is 3. The van der Waals surface area contributed by atoms with E-state index in [0.717, 1.165) is 64.2 Å². The second-order valence-electron chi connectivity index (χ2n) is 12.6. The molecule has 0 aromatic rings. The Morgan fingerprint density at radius 3 is 1.47 bits per heavy atom. The Balaban J connectivity index is 3.61. The molecule has 2 atom stereocenters. The molecule has 3 N–H and O–H groups in total. The van der Waals surface area contributed by atoms with Gasteiger partial charge >= 0.3 is 0 Å². The maximum absolute atomic E-state index is 12.3. The molecule has 4 heteroatoms. The van der Waals surface area contributed by atoms with Crippen molar-refractivity contribution in [2.45, 2.75) is 187 Å². The zero-order valence-corrected chi connectivity index (χ0v) is 29.6. The summed E-state index contributed by atoms with van der Waals surface area (Å²) < 4.78 is 0. The predicted octanol–water partition coefficient (Wildman–Crippen LogP) is 11.4. The van der Waals surface area contributed by atoms with E-state index in [-0.39, 0.29) is 12.5 Å². The summed E-state index contributed by atoms with van der Waals surface area (Å²) in [6.07, 6.45) is 49.9. The van der Waals surface area contributed by atoms with Crippen molar-refractivity contribution in [3.63, 3.8) is 0 Å². The van der Waals surface area contributed by atoms with Gasteiger partial charge in [-0.25, -0.2) is 0 Å². The Labute approximate surface area is 279 Å². The van der Waals surface area contributed by atoms with Gasteiger partial charge in [0.05, 0.1) is 18.8 Å². The van der Waals surface area contributed by atoms with Crippen LogP contribution in [-0.2, 0) is 4.79 Å². The van der Waals surface area contributed by atoms with E-state index in [1.54, 1.807) is 0 Å². The minimum absolute atomic E-state index is 0.0479. The number of carbonyl (C=O) groups is 1. The highest BCUT2D eigenvalue weighted by Gasteiger charge is 2.19. The van der Waals surface area contributed by atoms with Crippen molar-refractivity contribution in [2.75, 3.05) is 6.61 Å². The van der Waals surface area contributed by atoms with Crippen molar-refractivity contribution in [3.8, 4) is 0 Å². The molecule has 0 spiro atoms. The molecular formula is C41H73NO3. The van der Waals surface area contributed by atoms with Crippen molar-refractivity contribution >= 4 is 5.91 Å². The SMILES string of the molecule is CC/C=C\C/C=C\C/C=C\C/C=C\C/C=C\CCCCCCCCCC(=O)NC(CO)C(O)CCCCCCCCCCCC. The van der Waals surface area contributed by atoms with E-state index in [9.17, 15) is 15.0 Å². The highest BCUT2D eigenvalue weighted by molar-refractivity contribution is 5.76. The normalized spacial score (nSPS) is 13.8. The maximum Gasteiger partial charge on any atom is 0.220 e. The summed E-state index contributed by atoms with van der Waals surface area (Å²) in [7, 11) is 0. The average Bonchev–Trinajstić information content (AvgIpc) is 3.04. The van der Waals surface area contributed by atoms with Gasteiger partial charge in [-0.1, -0.05) is 171 Å². The molecule has 0 aliphatic heterocycles. The fourth-order valence-electron chi connectivity index (χ4n) is 5.38. The summed E-state index contributed by atoms with van der Waals surface area (Å²) in [4.78, 5) is 12.3. The van der Waals surface area contributed by atoms with Crippen LogP contribution < -0.4 is 5.32 Å². The number of hydrogen-bond donors (Lipinski definition) is 3. The van der Waals surface area contributed by atoms with Gasteiger partial charge in [0, 0.05) is 6.42 Å². The molecule has 0 rings (SSSR count). The van der Waals surface area contributed by atoms with Gasteiger partial charge in [0.2, 0.25) is 5.91 Å². The molecule has 0 saturated carbocycles. The van der Waals surface area contributed by atoms with E-state index in [0.29, 0.717) is 12.8 Å². The van der Waals surface area contributed by atoms with Crippen LogP contribution in [0, 0.1) is 0 Å². The van der Waals surface area contributed by atoms with Crippen molar-refractivity contribution < 1.29 is 15.0 Å². The van der Waals surface area contributed by atoms with Gasteiger partial charge in [-0.3, -0.25) is 4.79 Å². The molecule has 1 amide bonds. The van der Waals surface area contributed by atoms with Gasteiger partial charge < -0.3 is 15.5 Å². The molecule has 4 nitrogen and oxygen atoms in total. The van der Waals surface area contributed by atoms with Crippen LogP contribution in [0.5, 0.6) is 0 Å². The minimum Gasteiger partial charge on any atom is -0.394 e. The molecule has 260 valence electrons. The molecule has 0 heterocycles. The van der Waals surface area contributed by atoms with Gasteiger partial charge in [0.15, 0.2) is 0 Å². The van der Waals surface area contributed by atoms with Crippen LogP contribution in [0.2, 0.25) is 0 Å². The lowest BCUT2D eigenvalue weighted by atomic mass is 10.0. The second kappa shape index (κ2) is 36.6. The quantitative estimate of drug-likeness (QED) is 0.0501. The van der Waals surface area contributed by atoms with Crippen molar-refractivity contribution in [1.29, 1.82) is 0 Å². The van der Waals surface area contributed by atoms with Crippen LogP contribution in [-0.4, -0.2) is 34.9 Å². The molecule has 2 unspecified atom stereocenters. The van der Waals surface area contributed by atoms with Crippen LogP contribution >= 0.6 is 0 Å². The Bertz CT molecular complexity index is 767. The lowest BCUT2D eigenvalue weighted by molar-refractivity contribution is -0.123. The molecule has 0 aliphatic carbocycles. The summed E-state index contributed by atoms with van der Waals surface area (Å²) in [6.45, 7) is 4.21. The van der Waals surface area contributed by atoms with E-state index in [1.807, 2.05) is 0 Å². The Kier molecular flexibility index (Phi) is 35.0. The molecule has 45 heavy (non-hydrogen) atoms. The highest BCUT2D eigenvalue weighted by Crippen LogP contribution is 2.14. The summed E-state index contributed by atoms with van der Waals surface area (Å²) >= 11 is 0. The van der Waals surface area contributed by atoms with E-state index in [2.05, 4.69) is 79.9 Å². The van der Waals surface area contributed by atoms with Gasteiger partial charge in [-0.05, 0) is 57.8 Å². The van der Waals surface area contributed by atoms with Gasteiger partial charge in [-0.15, -0.1) is 0 Å². The molecule has 0 radical (unpaired) electrons. The summed E-state index contributed by atoms with van der Waals surface area (Å²) in [5.74, 6) is -0.0479. The smallest absolute Gasteiger partial charge is 0.220 e. The maximum atomic E-state index is 12.3. The van der Waals surface area contributed by atoms with E-state index in [1.165, 1.54) is 83.5 Å². The van der Waals surface area contributed by atoms with E-state index < -0.39 is 12.1 Å². The molecule has 0 aromatic heterocycles. The van der Waals surface area contributed by atoms with Crippen LogP contribution in [0.4, 0.5) is 0 Å². The molecule has 0 aliphatic rings. The number of amides is 1. The first-order chi connectivity index (χ1) is 22.2. The number of aliphatic hydroxyl groups excluding tert-OH is 2. The first-order valence-corrected chi connectivity index (χ1v) is 19.0. The molecular weight excluding hydrogens is 554 g/mol. The van der Waals surface area contributed by atoms with Crippen molar-refractivity contribution in [2.24, 2.45) is 0 Å². The highest BCUT2D eigenvalue weighted by atomic mass is 16.3. The monoisotopic (exact) mass is 628 g/mol. The first-order valence-electron chi connectivity index (χ1n) is 19.0. The summed E-state index contributed by atoms with van der Waals surface area (Å²) in [5.41, 5.74) is 0. The lowest BCUT2D eigenvalue weighted by Crippen LogP contribution is -2.45. The first kappa shape index (κ1) is 43.1. The third-order valence-electron chi connectivity index (χ3n) is 8.29. The Hall–Kier alpha value is -1.91. The summed E-state index contributed by atoms with van der Waals surface area (Å²) in [5, 5.41) is 23.0. The van der Waals surface area contributed by atoms with Crippen LogP contribution in [0.1, 0.15) is 174 Å². The number of aliphatic hydroxyl groups is 2. The van der Waals surface area contributed by atoms with E-state index in [4.69, 9.17) is 0 Å². The fourth-order valence-corrected chi connectivity index (χ4v) is 5.38. The molecule has 0 aromatic carbocycles. The second-order valence-corrected chi connectivity index (χ2v) is 12.6. The zero-order valence-electron chi connectivity index (χ0n) is 29.6. The number of nitrogens with one attached hydrogen (secondary N) is 1. The zero-order chi connectivity index (χ0) is 32.9. The predicted molar refractivity (Wildman–Crippen MR) is 197 cm³/mol. The lowest BCUT2D eigenvalue weighted by Gasteiger charge is -2.22. The summed E-state index contributed by atoms with van der Waals surface area (Å²) in [6, 6.07) is -0.543. The number of allylic oxidation sites excluding steroid dienone is 10. The van der Waals surface area contributed by atoms with Crippen molar-refractivity contribution in [1.82, 2.24) is 5.32 Å². The molecule has 0 saturated heterocycles. The van der Waals surface area contributed by atoms with Crippen LogP contribution in [0.15, 0.2) is 60.8 Å². The topological polar surface area (TPSA) is 69.6 Å². The largest absolute Gasteiger partial charge is 0.394 e. The van der Waals surface area contributed by atoms with Crippen molar-refractivity contribution in [3.05, 3.63) is 60.8 Å². The number of rotatable bonds is 33. The number of carbonyl (C=O) groups excluding carboxylic acids is 1. The fraction of sp³-hybridized carbons (Fsp3) is 0.732. The average molecular weight is 628 g/mol. The van der Waals surface area contributed by atoms with E-state index >= 15 is 0 Å². The standard InChI is InChI=1S/C41H73NO3/c1-3-5-7-9-11-13-15-16-17-18-19-20-21-22-23-24-25-26-27-29-31-33-35-37-41(45)42-39(38-43)40(44)36-34-32-30-28-14-12-10-8-6-4-2/h5,7,11,13,16-17,19-20,22-23,39-40,43-44H,3-4,6,8-10,12,14-15,18,21,24-38H2,1-2H3,(H,42,45)/b7-5-,13-11-,17-16-,20-19-,23-22-. The van der Waals surface area contributed by atoms with Gasteiger partial charge in [0.1, 0.15) is 0 Å². The van der Waals surface area contributed by atoms with Gasteiger partial charge in [0.25, 0.3) is 0 Å². The third kappa shape index (κ3) is 33.3. The molecule has 0 fully saturated rings. The van der Waals surface area contributed by atoms with Crippen LogP contribution in [0.25, 0.3) is 0 Å².